The van der Waals surface area contributed by atoms with Gasteiger partial charge in [-0.25, -0.2) is 4.79 Å². The normalized spacial score (nSPS) is 15.5. The fourth-order valence-electron chi connectivity index (χ4n) is 3.02. The SMILES string of the molecule is CCNC(=O)NCCCN1CCN(c2cccc(C)c2C)CC1. The van der Waals surface area contributed by atoms with E-state index in [4.69, 9.17) is 0 Å². The van der Waals surface area contributed by atoms with Crippen molar-refractivity contribution in [2.45, 2.75) is 27.2 Å². The topological polar surface area (TPSA) is 47.6 Å². The number of hydrogen-bond donors (Lipinski definition) is 2. The largest absolute Gasteiger partial charge is 0.369 e. The van der Waals surface area contributed by atoms with E-state index in [-0.39, 0.29) is 6.03 Å². The van der Waals surface area contributed by atoms with E-state index in [0.717, 1.165) is 45.7 Å². The molecule has 0 aromatic heterocycles. The number of nitrogens with zero attached hydrogens (tertiary/aromatic N) is 2. The number of aryl methyl sites for hydroxylation is 1. The Morgan fingerprint density at radius 1 is 1.13 bits per heavy atom. The lowest BCUT2D eigenvalue weighted by Crippen LogP contribution is -2.47. The molecule has 0 radical (unpaired) electrons. The molecular formula is C18H30N4O. The van der Waals surface area contributed by atoms with Gasteiger partial charge in [0.05, 0.1) is 0 Å². The molecular weight excluding hydrogens is 288 g/mol. The molecule has 128 valence electrons. The van der Waals surface area contributed by atoms with Crippen molar-refractivity contribution < 1.29 is 4.79 Å². The minimum absolute atomic E-state index is 0.0627. The van der Waals surface area contributed by atoms with Gasteiger partial charge in [-0.05, 0) is 50.9 Å². The van der Waals surface area contributed by atoms with E-state index in [2.05, 4.69) is 52.5 Å². The summed E-state index contributed by atoms with van der Waals surface area (Å²) in [4.78, 5) is 16.3. The molecule has 2 amide bonds. The second-order valence-electron chi connectivity index (χ2n) is 6.19. The third-order valence-electron chi connectivity index (χ3n) is 4.56. The number of rotatable bonds is 6. The van der Waals surface area contributed by atoms with Crippen LogP contribution in [0.4, 0.5) is 10.5 Å². The molecule has 0 saturated carbocycles. The monoisotopic (exact) mass is 318 g/mol. The summed E-state index contributed by atoms with van der Waals surface area (Å²) in [6.45, 7) is 13.1. The Bertz CT molecular complexity index is 510. The Morgan fingerprint density at radius 3 is 2.57 bits per heavy atom. The summed E-state index contributed by atoms with van der Waals surface area (Å²) in [5.41, 5.74) is 4.14. The third-order valence-corrected chi connectivity index (χ3v) is 4.56. The van der Waals surface area contributed by atoms with Crippen molar-refractivity contribution in [2.24, 2.45) is 0 Å². The Balaban J connectivity index is 1.70. The summed E-state index contributed by atoms with van der Waals surface area (Å²) < 4.78 is 0. The zero-order valence-electron chi connectivity index (χ0n) is 14.7. The maximum atomic E-state index is 11.3. The zero-order chi connectivity index (χ0) is 16.7. The molecule has 1 heterocycles. The number of benzene rings is 1. The average Bonchev–Trinajstić information content (AvgIpc) is 2.55. The van der Waals surface area contributed by atoms with Gasteiger partial charge in [0, 0.05) is 45.0 Å². The molecule has 1 saturated heterocycles. The van der Waals surface area contributed by atoms with E-state index >= 15 is 0 Å². The molecule has 0 atom stereocenters. The summed E-state index contributed by atoms with van der Waals surface area (Å²) in [7, 11) is 0. The van der Waals surface area contributed by atoms with Crippen molar-refractivity contribution in [3.8, 4) is 0 Å². The molecule has 1 aliphatic heterocycles. The molecule has 2 N–H and O–H groups in total. The minimum Gasteiger partial charge on any atom is -0.369 e. The van der Waals surface area contributed by atoms with E-state index in [1.54, 1.807) is 0 Å². The molecule has 1 fully saturated rings. The number of anilines is 1. The highest BCUT2D eigenvalue weighted by Gasteiger charge is 2.18. The van der Waals surface area contributed by atoms with Gasteiger partial charge in [-0.1, -0.05) is 12.1 Å². The van der Waals surface area contributed by atoms with Gasteiger partial charge < -0.3 is 15.5 Å². The van der Waals surface area contributed by atoms with Gasteiger partial charge in [0.1, 0.15) is 0 Å². The maximum Gasteiger partial charge on any atom is 0.314 e. The smallest absolute Gasteiger partial charge is 0.314 e. The van der Waals surface area contributed by atoms with Crippen molar-refractivity contribution in [1.82, 2.24) is 15.5 Å². The quantitative estimate of drug-likeness (QED) is 0.790. The Kier molecular flexibility index (Phi) is 6.71. The van der Waals surface area contributed by atoms with Crippen LogP contribution < -0.4 is 15.5 Å². The molecule has 23 heavy (non-hydrogen) atoms. The Hall–Kier alpha value is -1.75. The van der Waals surface area contributed by atoms with E-state index in [1.165, 1.54) is 16.8 Å². The number of carbonyl (C=O) groups is 1. The first-order valence-electron chi connectivity index (χ1n) is 8.67. The van der Waals surface area contributed by atoms with E-state index in [1.807, 2.05) is 6.92 Å². The minimum atomic E-state index is -0.0627. The lowest BCUT2D eigenvalue weighted by Gasteiger charge is -2.37. The van der Waals surface area contributed by atoms with E-state index in [0.29, 0.717) is 6.54 Å². The van der Waals surface area contributed by atoms with Gasteiger partial charge in [-0.15, -0.1) is 0 Å². The van der Waals surface area contributed by atoms with Crippen molar-refractivity contribution in [3.05, 3.63) is 29.3 Å². The molecule has 0 aliphatic carbocycles. The highest BCUT2D eigenvalue weighted by Crippen LogP contribution is 2.23. The number of hydrogen-bond acceptors (Lipinski definition) is 3. The molecule has 0 bridgehead atoms. The highest BCUT2D eigenvalue weighted by atomic mass is 16.2. The predicted octanol–water partition coefficient (Wildman–Crippen LogP) is 2.13. The fraction of sp³-hybridized carbons (Fsp3) is 0.611. The molecule has 5 nitrogen and oxygen atoms in total. The van der Waals surface area contributed by atoms with Crippen LogP contribution in [0.5, 0.6) is 0 Å². The second kappa shape index (κ2) is 8.77. The van der Waals surface area contributed by atoms with Crippen molar-refractivity contribution in [2.75, 3.05) is 50.7 Å². The molecule has 1 aliphatic rings. The molecule has 2 rings (SSSR count). The zero-order valence-corrected chi connectivity index (χ0v) is 14.7. The number of amides is 2. The van der Waals surface area contributed by atoms with E-state index in [9.17, 15) is 4.79 Å². The maximum absolute atomic E-state index is 11.3. The van der Waals surface area contributed by atoms with E-state index < -0.39 is 0 Å². The van der Waals surface area contributed by atoms with Gasteiger partial charge in [0.25, 0.3) is 0 Å². The fourth-order valence-corrected chi connectivity index (χ4v) is 3.02. The van der Waals surface area contributed by atoms with Crippen LogP contribution in [0.25, 0.3) is 0 Å². The van der Waals surface area contributed by atoms with Gasteiger partial charge in [0.15, 0.2) is 0 Å². The van der Waals surface area contributed by atoms with Crippen LogP contribution in [0.1, 0.15) is 24.5 Å². The molecule has 0 spiro atoms. The lowest BCUT2D eigenvalue weighted by atomic mass is 10.1. The number of urea groups is 1. The standard InChI is InChI=1S/C18H30N4O/c1-4-19-18(23)20-9-6-10-21-11-13-22(14-12-21)17-8-5-7-15(2)16(17)3/h5,7-8H,4,6,9-14H2,1-3H3,(H2,19,20,23). The first-order valence-corrected chi connectivity index (χ1v) is 8.67. The lowest BCUT2D eigenvalue weighted by molar-refractivity contribution is 0.236. The van der Waals surface area contributed by atoms with Crippen molar-refractivity contribution in [1.29, 1.82) is 0 Å². The van der Waals surface area contributed by atoms with Crippen molar-refractivity contribution in [3.63, 3.8) is 0 Å². The summed E-state index contributed by atoms with van der Waals surface area (Å²) in [5.74, 6) is 0. The summed E-state index contributed by atoms with van der Waals surface area (Å²) >= 11 is 0. The van der Waals surface area contributed by atoms with Crippen LogP contribution in [-0.4, -0.2) is 56.7 Å². The van der Waals surface area contributed by atoms with Crippen LogP contribution >= 0.6 is 0 Å². The summed E-state index contributed by atoms with van der Waals surface area (Å²) in [6.07, 6.45) is 1.00. The Labute approximate surface area is 140 Å². The van der Waals surface area contributed by atoms with Crippen molar-refractivity contribution >= 4 is 11.7 Å². The average molecular weight is 318 g/mol. The summed E-state index contributed by atoms with van der Waals surface area (Å²) in [5, 5.41) is 5.63. The predicted molar refractivity (Wildman–Crippen MR) is 96.3 cm³/mol. The van der Waals surface area contributed by atoms with Gasteiger partial charge in [-0.3, -0.25) is 4.90 Å². The van der Waals surface area contributed by atoms with Crippen LogP contribution in [0.15, 0.2) is 18.2 Å². The molecule has 5 heteroatoms. The van der Waals surface area contributed by atoms with Crippen LogP contribution in [0, 0.1) is 13.8 Å². The van der Waals surface area contributed by atoms with Crippen LogP contribution in [-0.2, 0) is 0 Å². The first-order chi connectivity index (χ1) is 11.1. The second-order valence-corrected chi connectivity index (χ2v) is 6.19. The number of piperazine rings is 1. The third kappa shape index (κ3) is 5.13. The molecule has 0 unspecified atom stereocenters. The number of carbonyl (C=O) groups excluding carboxylic acids is 1. The molecule has 1 aromatic rings. The van der Waals surface area contributed by atoms with Gasteiger partial charge in [0.2, 0.25) is 0 Å². The van der Waals surface area contributed by atoms with Crippen LogP contribution in [0.3, 0.4) is 0 Å². The van der Waals surface area contributed by atoms with Gasteiger partial charge >= 0.3 is 6.03 Å². The van der Waals surface area contributed by atoms with Gasteiger partial charge in [-0.2, -0.15) is 0 Å². The highest BCUT2D eigenvalue weighted by molar-refractivity contribution is 5.73. The molecule has 1 aromatic carbocycles. The first kappa shape index (κ1) is 17.6. The van der Waals surface area contributed by atoms with Crippen LogP contribution in [0.2, 0.25) is 0 Å². The number of nitrogens with one attached hydrogen (secondary N) is 2. The summed E-state index contributed by atoms with van der Waals surface area (Å²) in [6, 6.07) is 6.49. The Morgan fingerprint density at radius 2 is 1.87 bits per heavy atom.